The van der Waals surface area contributed by atoms with Crippen molar-refractivity contribution in [2.24, 2.45) is 0 Å². The van der Waals surface area contributed by atoms with E-state index in [-0.39, 0.29) is 0 Å². The normalized spacial score (nSPS) is 11.6. The molecule has 1 fully saturated rings. The maximum Gasteiger partial charge on any atom is 0.119 e. The van der Waals surface area contributed by atoms with E-state index in [1.54, 1.807) is 0 Å². The second-order valence-corrected chi connectivity index (χ2v) is 9.34. The fourth-order valence-electron chi connectivity index (χ4n) is 3.98. The smallest absolute Gasteiger partial charge is 0.119 e. The Morgan fingerprint density at radius 2 is 0.936 bits per heavy atom. The molecule has 0 radical (unpaired) electrons. The zero-order chi connectivity index (χ0) is 35.1. The molecule has 1 heterocycles. The number of hydrogen-bond donors (Lipinski definition) is 0. The van der Waals surface area contributed by atoms with E-state index in [4.69, 9.17) is 14.2 Å². The van der Waals surface area contributed by atoms with Crippen molar-refractivity contribution in [3.05, 3.63) is 144 Å². The number of benzene rings is 5. The van der Waals surface area contributed by atoms with Gasteiger partial charge in [-0.25, -0.2) is 0 Å². The van der Waals surface area contributed by atoms with Crippen LogP contribution < -0.4 is 9.47 Å². The van der Waals surface area contributed by atoms with E-state index in [1.165, 1.54) is 27.5 Å². The van der Waals surface area contributed by atoms with Crippen LogP contribution in [0.3, 0.4) is 0 Å². The summed E-state index contributed by atoms with van der Waals surface area (Å²) in [5, 5.41) is 2.52. The molecule has 47 heavy (non-hydrogen) atoms. The summed E-state index contributed by atoms with van der Waals surface area (Å²) < 4.78 is 16.2. The number of ether oxygens (including phenoxy) is 3. The summed E-state index contributed by atoms with van der Waals surface area (Å²) in [6, 6.07) is 43.2. The quantitative estimate of drug-likeness (QED) is 0.158. The van der Waals surface area contributed by atoms with Crippen molar-refractivity contribution in [1.82, 2.24) is 0 Å². The lowest BCUT2D eigenvalue weighted by Crippen LogP contribution is -2.03. The van der Waals surface area contributed by atoms with Gasteiger partial charge in [-0.1, -0.05) is 172 Å². The Morgan fingerprint density at radius 3 is 1.40 bits per heavy atom. The van der Waals surface area contributed by atoms with Crippen LogP contribution in [0.5, 0.6) is 11.5 Å². The second kappa shape index (κ2) is 29.3. The van der Waals surface area contributed by atoms with Gasteiger partial charge in [0.2, 0.25) is 0 Å². The minimum atomic E-state index is 0.343. The summed E-state index contributed by atoms with van der Waals surface area (Å²) in [6.45, 7) is 22.5. The molecule has 6 rings (SSSR count). The number of rotatable bonds is 8. The van der Waals surface area contributed by atoms with Crippen molar-refractivity contribution in [3.8, 4) is 11.5 Å². The van der Waals surface area contributed by atoms with Gasteiger partial charge in [0.25, 0.3) is 0 Å². The lowest BCUT2D eigenvalue weighted by atomic mass is 10.1. The molecule has 0 aliphatic carbocycles. The van der Waals surface area contributed by atoms with Gasteiger partial charge >= 0.3 is 0 Å². The average molecular weight is 639 g/mol. The Morgan fingerprint density at radius 1 is 0.511 bits per heavy atom. The Labute approximate surface area is 287 Å². The Kier molecular flexibility index (Phi) is 26.8. The molecule has 3 nitrogen and oxygen atoms in total. The number of fused-ring (bicyclic) bond motifs is 1. The molecule has 1 aliphatic rings. The van der Waals surface area contributed by atoms with Gasteiger partial charge in [-0.05, 0) is 64.6 Å². The molecule has 5 aromatic carbocycles. The fourth-order valence-corrected chi connectivity index (χ4v) is 3.98. The highest BCUT2D eigenvalue weighted by Gasteiger charge is 2.22. The van der Waals surface area contributed by atoms with Crippen LogP contribution in [0.1, 0.15) is 85.9 Å². The molecule has 1 aliphatic heterocycles. The maximum atomic E-state index is 5.80. The molecule has 0 spiro atoms. The molecule has 5 aromatic rings. The first kappa shape index (κ1) is 42.9. The number of para-hydroxylation sites is 2. The van der Waals surface area contributed by atoms with Gasteiger partial charge in [-0.2, -0.15) is 0 Å². The summed E-state index contributed by atoms with van der Waals surface area (Å²) in [6.07, 6.45) is 2.63. The summed E-state index contributed by atoms with van der Waals surface area (Å²) in [7, 11) is 0. The topological polar surface area (TPSA) is 31.0 Å². The van der Waals surface area contributed by atoms with Crippen LogP contribution in [0, 0.1) is 0 Å². The number of hydrogen-bond acceptors (Lipinski definition) is 3. The number of epoxide rings is 1. The predicted molar refractivity (Wildman–Crippen MR) is 207 cm³/mol. The molecule has 1 saturated heterocycles. The van der Waals surface area contributed by atoms with E-state index in [0.717, 1.165) is 30.9 Å². The van der Waals surface area contributed by atoms with Gasteiger partial charge < -0.3 is 14.2 Å². The highest BCUT2D eigenvalue weighted by atomic mass is 16.6. The van der Waals surface area contributed by atoms with Crippen LogP contribution in [0.25, 0.3) is 10.8 Å². The third-order valence-corrected chi connectivity index (χ3v) is 6.44. The first-order valence-electron chi connectivity index (χ1n) is 17.8. The van der Waals surface area contributed by atoms with Gasteiger partial charge in [0, 0.05) is 0 Å². The van der Waals surface area contributed by atoms with Crippen LogP contribution >= 0.6 is 0 Å². The maximum absolute atomic E-state index is 5.80. The summed E-state index contributed by atoms with van der Waals surface area (Å²) >= 11 is 0. The van der Waals surface area contributed by atoms with Gasteiger partial charge in [0.1, 0.15) is 30.8 Å². The SMILES string of the molecule is CC.CC.CC.CC.CCc1ccc(CC)cc1.c1ccc(OCC2CO2)cc1.c1ccc(OCc2cccc3ccccc23)cc1. The highest BCUT2D eigenvalue weighted by Crippen LogP contribution is 2.20. The molecule has 0 amide bonds. The Balaban J connectivity index is 0.000000636. The van der Waals surface area contributed by atoms with E-state index in [2.05, 4.69) is 80.6 Å². The van der Waals surface area contributed by atoms with Gasteiger partial charge in [0.15, 0.2) is 0 Å². The average Bonchev–Trinajstić information content (AvgIpc) is 4.03. The molecule has 3 heteroatoms. The zero-order valence-electron chi connectivity index (χ0n) is 31.0. The number of aryl methyl sites for hydroxylation is 2. The van der Waals surface area contributed by atoms with Crippen LogP contribution in [0.4, 0.5) is 0 Å². The molecular weight excluding hydrogens is 576 g/mol. The first-order valence-corrected chi connectivity index (χ1v) is 17.8. The van der Waals surface area contributed by atoms with E-state index < -0.39 is 0 Å². The van der Waals surface area contributed by atoms with E-state index in [0.29, 0.717) is 19.3 Å². The van der Waals surface area contributed by atoms with Crippen molar-refractivity contribution in [2.45, 2.75) is 94.8 Å². The summed E-state index contributed by atoms with van der Waals surface area (Å²) in [5.41, 5.74) is 4.08. The minimum Gasteiger partial charge on any atom is -0.491 e. The van der Waals surface area contributed by atoms with Crippen LogP contribution in [-0.2, 0) is 24.2 Å². The zero-order valence-corrected chi connectivity index (χ0v) is 31.0. The van der Waals surface area contributed by atoms with Crippen LogP contribution in [-0.4, -0.2) is 19.3 Å². The monoisotopic (exact) mass is 638 g/mol. The Bertz CT molecular complexity index is 1330. The van der Waals surface area contributed by atoms with Crippen molar-refractivity contribution in [1.29, 1.82) is 0 Å². The molecule has 256 valence electrons. The third kappa shape index (κ3) is 18.6. The molecule has 0 aromatic heterocycles. The highest BCUT2D eigenvalue weighted by molar-refractivity contribution is 5.85. The van der Waals surface area contributed by atoms with Crippen molar-refractivity contribution < 1.29 is 14.2 Å². The van der Waals surface area contributed by atoms with Gasteiger partial charge in [-0.15, -0.1) is 0 Å². The molecule has 0 bridgehead atoms. The molecular formula is C44H62O3. The summed E-state index contributed by atoms with van der Waals surface area (Å²) in [4.78, 5) is 0. The summed E-state index contributed by atoms with van der Waals surface area (Å²) in [5.74, 6) is 1.83. The third-order valence-electron chi connectivity index (χ3n) is 6.44. The second-order valence-electron chi connectivity index (χ2n) is 9.34. The molecule has 1 atom stereocenters. The largest absolute Gasteiger partial charge is 0.491 e. The van der Waals surface area contributed by atoms with E-state index in [1.807, 2.05) is 116 Å². The molecule has 0 saturated carbocycles. The lowest BCUT2D eigenvalue weighted by Gasteiger charge is -2.08. The van der Waals surface area contributed by atoms with E-state index >= 15 is 0 Å². The Hall–Kier alpha value is -4.08. The van der Waals surface area contributed by atoms with Crippen molar-refractivity contribution >= 4 is 10.8 Å². The van der Waals surface area contributed by atoms with Gasteiger partial charge in [0.05, 0.1) is 6.61 Å². The fraction of sp³-hybridized carbons (Fsp3) is 0.364. The van der Waals surface area contributed by atoms with Crippen molar-refractivity contribution in [2.75, 3.05) is 13.2 Å². The van der Waals surface area contributed by atoms with Crippen LogP contribution in [0.15, 0.2) is 127 Å². The standard InChI is InChI=1S/C17H14O.C10H14.C9H10O2.4C2H6/c1-2-10-16(11-3-1)18-13-15-9-6-8-14-7-4-5-12-17(14)15;1-3-9-5-7-10(4-2)8-6-9;1-2-4-8(5-3-1)10-6-9-7-11-9;4*1-2/h1-12H,13H2;5-8H,3-4H2,1-2H3;1-5,9H,6-7H2;4*1-2H3. The first-order chi connectivity index (χ1) is 23.2. The van der Waals surface area contributed by atoms with Crippen LogP contribution in [0.2, 0.25) is 0 Å². The molecule has 0 N–H and O–H groups in total. The predicted octanol–water partition coefficient (Wildman–Crippen LogP) is 12.8. The van der Waals surface area contributed by atoms with Gasteiger partial charge in [-0.3, -0.25) is 0 Å². The molecule has 1 unspecified atom stereocenters. The lowest BCUT2D eigenvalue weighted by molar-refractivity contribution is 0.263. The van der Waals surface area contributed by atoms with E-state index in [9.17, 15) is 0 Å². The van der Waals surface area contributed by atoms with Crippen molar-refractivity contribution in [3.63, 3.8) is 0 Å². The minimum absolute atomic E-state index is 0.343.